The molecule has 1 amide bonds. The zero-order valence-corrected chi connectivity index (χ0v) is 17.9. The van der Waals surface area contributed by atoms with Gasteiger partial charge in [-0.3, -0.25) is 10.2 Å². The Labute approximate surface area is 182 Å². The van der Waals surface area contributed by atoms with E-state index in [1.807, 2.05) is 0 Å². The van der Waals surface area contributed by atoms with Gasteiger partial charge in [-0.05, 0) is 41.6 Å². The first-order chi connectivity index (χ1) is 14.8. The maximum atomic E-state index is 13.3. The van der Waals surface area contributed by atoms with Crippen molar-refractivity contribution in [3.05, 3.63) is 59.1 Å². The Kier molecular flexibility index (Phi) is 5.41. The Hall–Kier alpha value is -3.38. The average Bonchev–Trinajstić information content (AvgIpc) is 3.49. The van der Waals surface area contributed by atoms with Gasteiger partial charge in [0.2, 0.25) is 11.8 Å². The first kappa shape index (κ1) is 20.9. The summed E-state index contributed by atoms with van der Waals surface area (Å²) < 4.78 is 32.8. The Morgan fingerprint density at radius 2 is 2.16 bits per heavy atom. The fourth-order valence-electron chi connectivity index (χ4n) is 3.48. The molecule has 162 valence electrons. The van der Waals surface area contributed by atoms with E-state index in [-0.39, 0.29) is 34.8 Å². The number of nitrogens with two attached hydrogens (primary N) is 2. The zero-order chi connectivity index (χ0) is 22.2. The van der Waals surface area contributed by atoms with Gasteiger partial charge in [0.15, 0.2) is 0 Å². The average molecular weight is 461 g/mol. The highest BCUT2D eigenvalue weighted by molar-refractivity contribution is 7.94. The molecule has 1 aliphatic rings. The number of hydrogen-bond donors (Lipinski definition) is 3. The van der Waals surface area contributed by atoms with Crippen LogP contribution in [0.4, 0.5) is 11.6 Å². The van der Waals surface area contributed by atoms with Gasteiger partial charge in [0.25, 0.3) is 10.0 Å². The molecule has 1 fully saturated rings. The summed E-state index contributed by atoms with van der Waals surface area (Å²) in [6.45, 7) is 0.503. The summed E-state index contributed by atoms with van der Waals surface area (Å²) in [4.78, 5) is 14.8. The predicted octanol–water partition coefficient (Wildman–Crippen LogP) is 1.60. The number of rotatable bonds is 7. The monoisotopic (exact) mass is 460 g/mol. The number of sulfonamides is 1. The van der Waals surface area contributed by atoms with Crippen molar-refractivity contribution >= 4 is 44.7 Å². The molecule has 3 heterocycles. The number of nitrogens with zero attached hydrogens (tertiary/aromatic N) is 3. The lowest BCUT2D eigenvalue weighted by molar-refractivity contribution is -0.129. The first-order valence-electron chi connectivity index (χ1n) is 9.29. The van der Waals surface area contributed by atoms with Crippen molar-refractivity contribution in [3.8, 4) is 0 Å². The van der Waals surface area contributed by atoms with Gasteiger partial charge in [-0.2, -0.15) is 0 Å². The second-order valence-electron chi connectivity index (χ2n) is 6.98. The fourth-order valence-corrected chi connectivity index (χ4v) is 6.13. The van der Waals surface area contributed by atoms with E-state index >= 15 is 0 Å². The number of likely N-dealkylation sites (tertiary alicyclic amines) is 1. The molecule has 0 saturated carbocycles. The van der Waals surface area contributed by atoms with Gasteiger partial charge in [0, 0.05) is 30.4 Å². The highest BCUT2D eigenvalue weighted by Gasteiger charge is 2.44. The van der Waals surface area contributed by atoms with Gasteiger partial charge >= 0.3 is 0 Å². The Bertz CT molecular complexity index is 1210. The summed E-state index contributed by atoms with van der Waals surface area (Å²) in [5.74, 6) is -0.499. The molecular formula is C19H20N6O4S2. The van der Waals surface area contributed by atoms with Crippen molar-refractivity contribution in [1.29, 1.82) is 5.41 Å². The molecule has 1 aromatic carbocycles. The number of amides is 1. The van der Waals surface area contributed by atoms with Crippen LogP contribution in [-0.2, 0) is 21.4 Å². The molecular weight excluding hydrogens is 440 g/mol. The molecule has 12 heteroatoms. The normalized spacial score (nSPS) is 16.6. The minimum Gasteiger partial charge on any atom is -0.398 e. The highest BCUT2D eigenvalue weighted by atomic mass is 32.2. The van der Waals surface area contributed by atoms with E-state index in [4.69, 9.17) is 21.4 Å². The Morgan fingerprint density at radius 1 is 1.35 bits per heavy atom. The molecule has 2 aromatic heterocycles. The lowest BCUT2D eigenvalue weighted by Gasteiger charge is -2.26. The number of nitrogen functional groups attached to an aromatic ring is 2. The van der Waals surface area contributed by atoms with E-state index in [0.29, 0.717) is 23.4 Å². The standard InChI is InChI=1S/C19H20N6O4S2/c20-14-4-3-12(18(21)22)10-13(14)11-24-8-6-15(19(24)26)25(16-5-7-23-29-16)31(27,28)17-2-1-9-30-17/h1-5,7,9-10,15H,6,8,11,20H2,(H3,21,22)/t15-/m0/s1. The largest absolute Gasteiger partial charge is 0.398 e. The van der Waals surface area contributed by atoms with E-state index < -0.39 is 16.1 Å². The van der Waals surface area contributed by atoms with Gasteiger partial charge in [-0.25, -0.2) is 12.7 Å². The molecule has 4 rings (SSSR count). The van der Waals surface area contributed by atoms with E-state index in [0.717, 1.165) is 15.6 Å². The third-order valence-corrected chi connectivity index (χ3v) is 8.20. The molecule has 31 heavy (non-hydrogen) atoms. The van der Waals surface area contributed by atoms with Crippen LogP contribution in [0.3, 0.4) is 0 Å². The third-order valence-electron chi connectivity index (χ3n) is 5.02. The van der Waals surface area contributed by atoms with Crippen LogP contribution in [0.5, 0.6) is 0 Å². The number of carbonyl (C=O) groups excluding carboxylic acids is 1. The number of nitrogens with one attached hydrogen (secondary N) is 1. The van der Waals surface area contributed by atoms with Crippen LogP contribution in [0.15, 0.2) is 56.7 Å². The van der Waals surface area contributed by atoms with Crippen molar-refractivity contribution < 1.29 is 17.7 Å². The second-order valence-corrected chi connectivity index (χ2v) is 9.96. The summed E-state index contributed by atoms with van der Waals surface area (Å²) >= 11 is 1.06. The summed E-state index contributed by atoms with van der Waals surface area (Å²) in [6, 6.07) is 8.47. The van der Waals surface area contributed by atoms with Crippen molar-refractivity contribution in [1.82, 2.24) is 10.1 Å². The van der Waals surface area contributed by atoms with Crippen LogP contribution >= 0.6 is 11.3 Å². The number of aromatic nitrogens is 1. The Balaban J connectivity index is 1.64. The number of carbonyl (C=O) groups is 1. The lowest BCUT2D eigenvalue weighted by Crippen LogP contribution is -2.45. The molecule has 0 bridgehead atoms. The zero-order valence-electron chi connectivity index (χ0n) is 16.3. The van der Waals surface area contributed by atoms with Crippen LogP contribution < -0.4 is 15.8 Å². The van der Waals surface area contributed by atoms with Gasteiger partial charge in [0.05, 0.1) is 6.20 Å². The van der Waals surface area contributed by atoms with Crippen molar-refractivity contribution in [2.75, 3.05) is 16.6 Å². The molecule has 0 unspecified atom stereocenters. The van der Waals surface area contributed by atoms with Gasteiger partial charge in [0.1, 0.15) is 16.1 Å². The molecule has 10 nitrogen and oxygen atoms in total. The van der Waals surface area contributed by atoms with Crippen LogP contribution in [0, 0.1) is 5.41 Å². The smallest absolute Gasteiger partial charge is 0.276 e. The van der Waals surface area contributed by atoms with Crippen LogP contribution in [-0.4, -0.2) is 42.8 Å². The van der Waals surface area contributed by atoms with Crippen molar-refractivity contribution in [2.45, 2.75) is 23.2 Å². The predicted molar refractivity (Wildman–Crippen MR) is 116 cm³/mol. The third kappa shape index (κ3) is 3.86. The molecule has 0 radical (unpaired) electrons. The molecule has 1 saturated heterocycles. The summed E-state index contributed by atoms with van der Waals surface area (Å²) in [5, 5.41) is 12.9. The Morgan fingerprint density at radius 3 is 2.81 bits per heavy atom. The molecule has 1 aliphatic heterocycles. The van der Waals surface area contributed by atoms with Crippen molar-refractivity contribution in [2.24, 2.45) is 5.73 Å². The van der Waals surface area contributed by atoms with Crippen LogP contribution in [0.2, 0.25) is 0 Å². The van der Waals surface area contributed by atoms with E-state index in [9.17, 15) is 13.2 Å². The van der Waals surface area contributed by atoms with Gasteiger partial charge in [-0.15, -0.1) is 11.3 Å². The molecule has 1 atom stereocenters. The SMILES string of the molecule is N=C(N)c1ccc(N)c(CN2CC[C@H](N(c3ccno3)S(=O)(=O)c3cccs3)C2=O)c1. The number of benzene rings is 1. The maximum absolute atomic E-state index is 13.3. The number of amidine groups is 1. The lowest BCUT2D eigenvalue weighted by atomic mass is 10.1. The van der Waals surface area contributed by atoms with E-state index in [1.54, 1.807) is 29.6 Å². The number of anilines is 2. The van der Waals surface area contributed by atoms with E-state index in [2.05, 4.69) is 5.16 Å². The molecule has 0 spiro atoms. The molecule has 3 aromatic rings. The van der Waals surface area contributed by atoms with Gasteiger partial charge in [-0.1, -0.05) is 11.2 Å². The quantitative estimate of drug-likeness (QED) is 0.274. The fraction of sp³-hybridized carbons (Fsp3) is 0.211. The van der Waals surface area contributed by atoms with Crippen molar-refractivity contribution in [3.63, 3.8) is 0 Å². The summed E-state index contributed by atoms with van der Waals surface area (Å²) in [7, 11) is -4.02. The second kappa shape index (κ2) is 8.04. The van der Waals surface area contributed by atoms with Crippen LogP contribution in [0.1, 0.15) is 17.5 Å². The minimum absolute atomic E-state index is 0.0216. The highest BCUT2D eigenvalue weighted by Crippen LogP contribution is 2.33. The summed E-state index contributed by atoms with van der Waals surface area (Å²) in [6.07, 6.45) is 1.61. The van der Waals surface area contributed by atoms with E-state index in [1.165, 1.54) is 23.2 Å². The summed E-state index contributed by atoms with van der Waals surface area (Å²) in [5.41, 5.74) is 13.2. The topological polar surface area (TPSA) is 160 Å². The molecule has 5 N–H and O–H groups in total. The number of thiophene rings is 1. The minimum atomic E-state index is -4.02. The first-order valence-corrected chi connectivity index (χ1v) is 11.6. The van der Waals surface area contributed by atoms with Gasteiger partial charge < -0.3 is 20.9 Å². The van der Waals surface area contributed by atoms with Crippen LogP contribution in [0.25, 0.3) is 0 Å². The maximum Gasteiger partial charge on any atom is 0.276 e. The molecule has 0 aliphatic carbocycles. The number of hydrogen-bond acceptors (Lipinski definition) is 8.